The number of nitrogens with one attached hydrogen (secondary N) is 2. The molecule has 1 aliphatic rings. The van der Waals surface area contributed by atoms with Gasteiger partial charge < -0.3 is 10.6 Å². The van der Waals surface area contributed by atoms with Gasteiger partial charge in [0, 0.05) is 11.8 Å². The summed E-state index contributed by atoms with van der Waals surface area (Å²) in [6.45, 7) is 0. The molecule has 2 N–H and O–H groups in total. The van der Waals surface area contributed by atoms with Crippen LogP contribution in [0.4, 0.5) is 10.3 Å². The zero-order valence-corrected chi connectivity index (χ0v) is 13.2. The largest absolute Gasteiger partial charge is 0.303 e. The number of amides is 2. The summed E-state index contributed by atoms with van der Waals surface area (Å²) in [7, 11) is 0. The van der Waals surface area contributed by atoms with E-state index in [-0.39, 0.29) is 0 Å². The van der Waals surface area contributed by atoms with Crippen molar-refractivity contribution in [1.29, 1.82) is 0 Å². The van der Waals surface area contributed by atoms with E-state index in [1.54, 1.807) is 0 Å². The molecule has 2 aromatic heterocycles. The Kier molecular flexibility index (Phi) is 4.68. The van der Waals surface area contributed by atoms with Crippen LogP contribution >= 0.6 is 22.7 Å². The molecule has 1 fully saturated rings. The topological polar surface area (TPSA) is 110 Å². The van der Waals surface area contributed by atoms with Crippen molar-refractivity contribution in [2.45, 2.75) is 37.5 Å². The Morgan fingerprint density at radius 2 is 1.36 bits per heavy atom. The standard InChI is InChI=1S/C12H14N6O2S2/c19-5-13-11-17-15-9(21-11)7-2-1-3-8(4-7)10-16-18-12(22-10)14-6-20/h5-8H,1-4H2,(H,13,17,19)(H,14,18,20)/t7-,8-/m1/s1. The van der Waals surface area contributed by atoms with Crippen LogP contribution in [0.15, 0.2) is 0 Å². The summed E-state index contributed by atoms with van der Waals surface area (Å²) in [6, 6.07) is 0. The minimum absolute atomic E-state index is 0.324. The number of hydrogen-bond acceptors (Lipinski definition) is 8. The van der Waals surface area contributed by atoms with Gasteiger partial charge in [0.05, 0.1) is 0 Å². The maximum absolute atomic E-state index is 10.4. The summed E-state index contributed by atoms with van der Waals surface area (Å²) >= 11 is 2.84. The molecule has 1 aliphatic carbocycles. The van der Waals surface area contributed by atoms with Crippen molar-refractivity contribution in [1.82, 2.24) is 20.4 Å². The van der Waals surface area contributed by atoms with E-state index >= 15 is 0 Å². The molecule has 10 heteroatoms. The highest BCUT2D eigenvalue weighted by Crippen LogP contribution is 2.43. The van der Waals surface area contributed by atoms with Crippen LogP contribution in [0, 0.1) is 0 Å². The van der Waals surface area contributed by atoms with Crippen LogP contribution in [-0.2, 0) is 9.59 Å². The predicted molar refractivity (Wildman–Crippen MR) is 83.1 cm³/mol. The van der Waals surface area contributed by atoms with Crippen LogP contribution in [0.25, 0.3) is 0 Å². The predicted octanol–water partition coefficient (Wildman–Crippen LogP) is 1.97. The second-order valence-corrected chi connectivity index (χ2v) is 6.99. The molecule has 0 saturated heterocycles. The number of carbonyl (C=O) groups excluding carboxylic acids is 2. The number of rotatable bonds is 6. The van der Waals surface area contributed by atoms with Gasteiger partial charge >= 0.3 is 0 Å². The van der Waals surface area contributed by atoms with Gasteiger partial charge in [0.2, 0.25) is 23.1 Å². The number of carbonyl (C=O) groups is 2. The fourth-order valence-corrected chi connectivity index (χ4v) is 4.35. The quantitative estimate of drug-likeness (QED) is 0.779. The maximum Gasteiger partial charge on any atom is 0.213 e. The first-order chi connectivity index (χ1) is 10.8. The van der Waals surface area contributed by atoms with Gasteiger partial charge in [-0.05, 0) is 19.3 Å². The molecule has 8 nitrogen and oxygen atoms in total. The van der Waals surface area contributed by atoms with E-state index < -0.39 is 0 Å². The van der Waals surface area contributed by atoms with Crippen molar-refractivity contribution in [3.05, 3.63) is 10.0 Å². The third-order valence-electron chi connectivity index (χ3n) is 3.62. The molecule has 2 heterocycles. The minimum Gasteiger partial charge on any atom is -0.303 e. The highest BCUT2D eigenvalue weighted by atomic mass is 32.1. The first-order valence-corrected chi connectivity index (χ1v) is 8.50. The lowest BCUT2D eigenvalue weighted by Crippen LogP contribution is -2.12. The molecule has 1 saturated carbocycles. The van der Waals surface area contributed by atoms with Gasteiger partial charge in [0.1, 0.15) is 10.0 Å². The summed E-state index contributed by atoms with van der Waals surface area (Å²) in [5, 5.41) is 24.3. The van der Waals surface area contributed by atoms with Crippen LogP contribution in [0.5, 0.6) is 0 Å². The van der Waals surface area contributed by atoms with E-state index in [1.807, 2.05) is 0 Å². The Labute approximate surface area is 134 Å². The van der Waals surface area contributed by atoms with Crippen LogP contribution in [0.2, 0.25) is 0 Å². The molecule has 0 radical (unpaired) electrons. The van der Waals surface area contributed by atoms with E-state index in [2.05, 4.69) is 31.0 Å². The molecule has 2 aromatic rings. The van der Waals surface area contributed by atoms with E-state index in [0.717, 1.165) is 35.7 Å². The minimum atomic E-state index is 0.324. The van der Waals surface area contributed by atoms with Crippen molar-refractivity contribution in [3.8, 4) is 0 Å². The van der Waals surface area contributed by atoms with Crippen molar-refractivity contribution >= 4 is 45.8 Å². The fraction of sp³-hybridized carbons (Fsp3) is 0.500. The molecule has 116 valence electrons. The molecule has 2 amide bonds. The van der Waals surface area contributed by atoms with Crippen LogP contribution in [-0.4, -0.2) is 33.2 Å². The molecular weight excluding hydrogens is 324 g/mol. The summed E-state index contributed by atoms with van der Waals surface area (Å²) in [4.78, 5) is 20.9. The molecule has 0 aromatic carbocycles. The molecule has 0 spiro atoms. The van der Waals surface area contributed by atoms with Crippen molar-refractivity contribution in [2.24, 2.45) is 0 Å². The maximum atomic E-state index is 10.4. The average molecular weight is 338 g/mol. The molecule has 3 rings (SSSR count). The van der Waals surface area contributed by atoms with Gasteiger partial charge in [-0.1, -0.05) is 29.1 Å². The van der Waals surface area contributed by atoms with Crippen molar-refractivity contribution < 1.29 is 9.59 Å². The van der Waals surface area contributed by atoms with E-state index in [0.29, 0.717) is 34.9 Å². The molecule has 0 bridgehead atoms. The zero-order valence-electron chi connectivity index (χ0n) is 11.6. The third-order valence-corrected chi connectivity index (χ3v) is 5.65. The monoisotopic (exact) mass is 338 g/mol. The van der Waals surface area contributed by atoms with Gasteiger partial charge in [0.25, 0.3) is 0 Å². The van der Waals surface area contributed by atoms with Gasteiger partial charge in [0.15, 0.2) is 0 Å². The summed E-state index contributed by atoms with van der Waals surface area (Å²) < 4.78 is 0. The Morgan fingerprint density at radius 1 is 0.864 bits per heavy atom. The highest BCUT2D eigenvalue weighted by Gasteiger charge is 2.29. The van der Waals surface area contributed by atoms with Crippen molar-refractivity contribution in [3.63, 3.8) is 0 Å². The molecule has 2 atom stereocenters. The summed E-state index contributed by atoms with van der Waals surface area (Å²) in [5.74, 6) is 0.648. The average Bonchev–Trinajstić information content (AvgIpc) is 3.18. The molecule has 0 aliphatic heterocycles. The number of nitrogens with zero attached hydrogens (tertiary/aromatic N) is 4. The normalized spacial score (nSPS) is 21.3. The van der Waals surface area contributed by atoms with Gasteiger partial charge in [-0.3, -0.25) is 9.59 Å². The fourth-order valence-electron chi connectivity index (χ4n) is 2.65. The lowest BCUT2D eigenvalue weighted by atomic mass is 9.82. The van der Waals surface area contributed by atoms with Crippen LogP contribution < -0.4 is 10.6 Å². The van der Waals surface area contributed by atoms with Crippen LogP contribution in [0.3, 0.4) is 0 Å². The number of aromatic nitrogens is 4. The number of hydrogen-bond donors (Lipinski definition) is 2. The van der Waals surface area contributed by atoms with Gasteiger partial charge in [-0.25, -0.2) is 0 Å². The SMILES string of the molecule is O=CNc1nnc([C@@H]2CCC[C@@H](c3nnc(NC=O)s3)C2)s1. The third kappa shape index (κ3) is 3.28. The second kappa shape index (κ2) is 6.88. The summed E-state index contributed by atoms with van der Waals surface area (Å²) in [6.07, 6.45) is 5.36. The van der Waals surface area contributed by atoms with E-state index in [9.17, 15) is 9.59 Å². The number of anilines is 2. The second-order valence-electron chi connectivity index (χ2n) is 4.98. The van der Waals surface area contributed by atoms with Gasteiger partial charge in [-0.15, -0.1) is 20.4 Å². The first-order valence-electron chi connectivity index (χ1n) is 6.87. The van der Waals surface area contributed by atoms with Crippen molar-refractivity contribution in [2.75, 3.05) is 10.6 Å². The van der Waals surface area contributed by atoms with E-state index in [1.165, 1.54) is 22.7 Å². The Balaban J connectivity index is 1.69. The highest BCUT2D eigenvalue weighted by molar-refractivity contribution is 7.15. The summed E-state index contributed by atoms with van der Waals surface area (Å²) in [5.41, 5.74) is 0. The smallest absolute Gasteiger partial charge is 0.213 e. The van der Waals surface area contributed by atoms with Crippen LogP contribution in [0.1, 0.15) is 47.5 Å². The Hall–Kier alpha value is -1.94. The molecular formula is C12H14N6O2S2. The molecule has 0 unspecified atom stereocenters. The van der Waals surface area contributed by atoms with E-state index in [4.69, 9.17) is 0 Å². The zero-order chi connectivity index (χ0) is 15.4. The lowest BCUT2D eigenvalue weighted by molar-refractivity contribution is -0.106. The molecule has 22 heavy (non-hydrogen) atoms. The lowest BCUT2D eigenvalue weighted by Gasteiger charge is -2.25. The van der Waals surface area contributed by atoms with Gasteiger partial charge in [-0.2, -0.15) is 0 Å². The first kappa shape index (κ1) is 15.0. The Morgan fingerprint density at radius 3 is 1.82 bits per heavy atom. The Bertz CT molecular complexity index is 603.